The number of benzene rings is 4. The van der Waals surface area contributed by atoms with Gasteiger partial charge in [-0.05, 0) is 24.3 Å². The number of nitrogens with one attached hydrogen (secondary N) is 2. The molecule has 0 fully saturated rings. The van der Waals surface area contributed by atoms with Crippen LogP contribution >= 0.6 is 0 Å². The Bertz CT molecular complexity index is 1550. The summed E-state index contributed by atoms with van der Waals surface area (Å²) < 4.78 is 0. The molecule has 0 saturated heterocycles. The first-order chi connectivity index (χ1) is 20.0. The van der Waals surface area contributed by atoms with Gasteiger partial charge in [-0.25, -0.2) is 0 Å². The first-order valence-corrected chi connectivity index (χ1v) is 12.5. The molecule has 5 rings (SSSR count). The number of nitrogens with zero attached hydrogens (tertiary/aromatic N) is 2. The normalized spacial score (nSPS) is 12.4. The maximum atomic E-state index is 11.8. The zero-order valence-electron chi connectivity index (χ0n) is 21.7. The molecule has 1 aliphatic carbocycles. The van der Waals surface area contributed by atoms with E-state index in [1.54, 1.807) is 0 Å². The van der Waals surface area contributed by atoms with E-state index in [-0.39, 0.29) is 116 Å². The van der Waals surface area contributed by atoms with Crippen LogP contribution in [-0.4, -0.2) is 40.7 Å². The van der Waals surface area contributed by atoms with Crippen LogP contribution in [0.1, 0.15) is 44.5 Å². The van der Waals surface area contributed by atoms with Crippen molar-refractivity contribution in [2.24, 2.45) is 0 Å². The number of aromatic hydroxyl groups is 4. The molecule has 216 valence electrons. The van der Waals surface area contributed by atoms with Crippen LogP contribution in [0.25, 0.3) is 0 Å². The van der Waals surface area contributed by atoms with Crippen LogP contribution in [0, 0.1) is 20.2 Å². The molecule has 0 amide bonds. The fraction of sp³-hybridized carbons (Fsp3) is 0.143. The zero-order chi connectivity index (χ0) is 30.3. The van der Waals surface area contributed by atoms with Crippen molar-refractivity contribution in [2.75, 3.05) is 11.0 Å². The number of hydrogen-bond acceptors (Lipinski definition) is 12. The maximum Gasteiger partial charge on any atom is 0.270 e. The zero-order valence-corrected chi connectivity index (χ0v) is 21.7. The first-order valence-electron chi connectivity index (χ1n) is 12.5. The summed E-state index contributed by atoms with van der Waals surface area (Å²) in [6.45, 7) is 0. The summed E-state index contributed by atoms with van der Waals surface area (Å²) in [7, 11) is 0. The number of rotatable bonds is 4. The van der Waals surface area contributed by atoms with Gasteiger partial charge >= 0.3 is 0 Å². The number of nitro benzene ring substituents is 2. The fourth-order valence-electron chi connectivity index (χ4n) is 5.24. The number of nitro groups is 2. The summed E-state index contributed by atoms with van der Waals surface area (Å²) in [6.07, 6.45) is -0.958. The number of anilines is 2. The van der Waals surface area contributed by atoms with Crippen LogP contribution in [0.4, 0.5) is 22.7 Å². The molecule has 0 unspecified atom stereocenters. The third-order valence-corrected chi connectivity index (χ3v) is 7.24. The van der Waals surface area contributed by atoms with Crippen LogP contribution in [0.3, 0.4) is 0 Å². The third-order valence-electron chi connectivity index (χ3n) is 7.24. The van der Waals surface area contributed by atoms with Crippen molar-refractivity contribution < 1.29 is 40.7 Å². The Kier molecular flexibility index (Phi) is 7.16. The molecular weight excluding hydrogens is 552 g/mol. The Morgan fingerprint density at radius 3 is 0.881 bits per heavy atom. The van der Waals surface area contributed by atoms with Gasteiger partial charge < -0.3 is 20.4 Å². The van der Waals surface area contributed by atoms with E-state index in [0.717, 1.165) is 24.3 Å². The Balaban J connectivity index is 1.83. The topological polar surface area (TPSA) is 232 Å². The molecule has 0 aromatic heterocycles. The van der Waals surface area contributed by atoms with Crippen molar-refractivity contribution in [1.82, 2.24) is 0 Å². The van der Waals surface area contributed by atoms with Crippen LogP contribution in [0.5, 0.6) is 23.0 Å². The van der Waals surface area contributed by atoms with E-state index < -0.39 is 9.85 Å². The lowest BCUT2D eigenvalue weighted by molar-refractivity contribution is -0.385. The van der Waals surface area contributed by atoms with E-state index in [9.17, 15) is 51.1 Å². The third kappa shape index (κ3) is 5.14. The Morgan fingerprint density at radius 1 is 0.476 bits per heavy atom. The SMILES string of the molecule is O=[N+]([O-])c1cc2c(O)c(c1)Cc1cc(NO)cc(c1O)Cc1cc([N+](=O)[O-])cc(c1O)Cc1cc(NO)cc(c1O)C2. The molecule has 0 atom stereocenters. The maximum absolute atomic E-state index is 11.8. The minimum Gasteiger partial charge on any atom is -0.507 e. The van der Waals surface area contributed by atoms with E-state index in [2.05, 4.69) is 0 Å². The molecule has 4 aromatic carbocycles. The molecule has 0 radical (unpaired) electrons. The summed E-state index contributed by atoms with van der Waals surface area (Å²) in [4.78, 5) is 22.2. The molecule has 4 aromatic rings. The molecule has 1 aliphatic rings. The van der Waals surface area contributed by atoms with Gasteiger partial charge in [0.15, 0.2) is 0 Å². The Labute approximate surface area is 236 Å². The molecule has 0 aliphatic heterocycles. The molecule has 8 N–H and O–H groups in total. The average Bonchev–Trinajstić information content (AvgIpc) is 2.95. The van der Waals surface area contributed by atoms with Crippen molar-refractivity contribution in [1.29, 1.82) is 0 Å². The van der Waals surface area contributed by atoms with Crippen LogP contribution < -0.4 is 11.0 Å². The van der Waals surface area contributed by atoms with E-state index in [4.69, 9.17) is 0 Å². The second-order valence-corrected chi connectivity index (χ2v) is 9.96. The molecular formula is C28H24N4O10. The van der Waals surface area contributed by atoms with Crippen molar-refractivity contribution >= 4 is 22.7 Å². The first kappa shape index (κ1) is 27.9. The molecule has 14 heteroatoms. The number of phenolic OH excluding ortho intramolecular Hbond substituents is 4. The van der Waals surface area contributed by atoms with E-state index >= 15 is 0 Å². The average molecular weight is 577 g/mol. The van der Waals surface area contributed by atoms with Gasteiger partial charge in [-0.1, -0.05) is 0 Å². The summed E-state index contributed by atoms with van der Waals surface area (Å²) in [6, 6.07) is 9.96. The van der Waals surface area contributed by atoms with Gasteiger partial charge in [0.25, 0.3) is 11.4 Å². The van der Waals surface area contributed by atoms with Gasteiger partial charge in [0.2, 0.25) is 0 Å². The van der Waals surface area contributed by atoms with Crippen LogP contribution in [0.15, 0.2) is 48.5 Å². The number of non-ortho nitro benzene ring substituents is 2. The highest BCUT2D eigenvalue weighted by Gasteiger charge is 2.24. The lowest BCUT2D eigenvalue weighted by atomic mass is 9.90. The van der Waals surface area contributed by atoms with E-state index in [1.165, 1.54) is 24.3 Å². The smallest absolute Gasteiger partial charge is 0.270 e. The molecule has 14 nitrogen and oxygen atoms in total. The number of phenols is 4. The van der Waals surface area contributed by atoms with Gasteiger partial charge in [-0.2, -0.15) is 0 Å². The summed E-state index contributed by atoms with van der Waals surface area (Å²) in [5.41, 5.74) is 4.21. The molecule has 0 spiro atoms. The van der Waals surface area contributed by atoms with Gasteiger partial charge in [0, 0.05) is 94.5 Å². The summed E-state index contributed by atoms with van der Waals surface area (Å²) in [5.74, 6) is -1.30. The second kappa shape index (κ2) is 10.8. The van der Waals surface area contributed by atoms with Gasteiger partial charge in [-0.15, -0.1) is 0 Å². The highest BCUT2D eigenvalue weighted by molar-refractivity contribution is 5.63. The standard InChI is InChI=1S/C28H24N4O10/c33-25-13-1-17-9-23(31(39)40)10-18(27(17)35)3-15-7-22(30-38)8-16(26(15)34)4-20-12-24(32(41)42)11-19(28(20)36)2-14(25)6-21(5-13)29-37/h5-12,29-30,33-38H,1-4H2. The fourth-order valence-corrected chi connectivity index (χ4v) is 5.24. The van der Waals surface area contributed by atoms with E-state index in [1.807, 2.05) is 11.0 Å². The number of fused-ring (bicyclic) bond motifs is 8. The van der Waals surface area contributed by atoms with E-state index in [0.29, 0.717) is 0 Å². The van der Waals surface area contributed by atoms with Crippen LogP contribution in [0.2, 0.25) is 0 Å². The lowest BCUT2D eigenvalue weighted by Gasteiger charge is -2.18. The predicted octanol–water partition coefficient (Wildman–Crippen LogP) is 4.60. The monoisotopic (exact) mass is 576 g/mol. The molecule has 0 heterocycles. The van der Waals surface area contributed by atoms with Gasteiger partial charge in [0.1, 0.15) is 23.0 Å². The Morgan fingerprint density at radius 2 is 0.690 bits per heavy atom. The predicted molar refractivity (Wildman–Crippen MR) is 148 cm³/mol. The lowest BCUT2D eigenvalue weighted by Crippen LogP contribution is -2.04. The quantitative estimate of drug-likeness (QED) is 0.0833. The van der Waals surface area contributed by atoms with Gasteiger partial charge in [-0.3, -0.25) is 41.6 Å². The molecule has 42 heavy (non-hydrogen) atoms. The van der Waals surface area contributed by atoms with Crippen molar-refractivity contribution in [3.05, 3.63) is 113 Å². The van der Waals surface area contributed by atoms with Crippen molar-refractivity contribution in [3.63, 3.8) is 0 Å². The summed E-state index contributed by atoms with van der Waals surface area (Å²) in [5, 5.41) is 87.5. The van der Waals surface area contributed by atoms with Crippen molar-refractivity contribution in [3.8, 4) is 23.0 Å². The highest BCUT2D eigenvalue weighted by Crippen LogP contribution is 2.41. The molecule has 0 saturated carbocycles. The number of hydrogen-bond donors (Lipinski definition) is 8. The minimum absolute atomic E-state index is 0.0549. The van der Waals surface area contributed by atoms with Gasteiger partial charge in [0.05, 0.1) is 21.2 Å². The van der Waals surface area contributed by atoms with Crippen molar-refractivity contribution in [2.45, 2.75) is 25.7 Å². The van der Waals surface area contributed by atoms with Crippen LogP contribution in [-0.2, 0) is 25.7 Å². The minimum atomic E-state index is -0.652. The molecule has 8 bridgehead atoms. The summed E-state index contributed by atoms with van der Waals surface area (Å²) >= 11 is 0. The largest absolute Gasteiger partial charge is 0.507 e. The second-order valence-electron chi connectivity index (χ2n) is 9.96. The Hall–Kier alpha value is -5.60. The highest BCUT2D eigenvalue weighted by atomic mass is 16.6.